The maximum absolute atomic E-state index is 12.7. The molecule has 1 N–H and O–H groups in total. The van der Waals surface area contributed by atoms with Gasteiger partial charge in [0.15, 0.2) is 17.3 Å². The van der Waals surface area contributed by atoms with E-state index in [1.54, 1.807) is 17.7 Å². The third-order valence-corrected chi connectivity index (χ3v) is 7.16. The van der Waals surface area contributed by atoms with Crippen LogP contribution in [0.4, 0.5) is 0 Å². The van der Waals surface area contributed by atoms with E-state index in [1.165, 1.54) is 37.7 Å². The van der Waals surface area contributed by atoms with E-state index in [2.05, 4.69) is 14.8 Å². The number of aromatic nitrogens is 3. The fourth-order valence-electron chi connectivity index (χ4n) is 3.14. The van der Waals surface area contributed by atoms with Crippen LogP contribution in [0.5, 0.6) is 17.2 Å². The molecule has 9 nitrogen and oxygen atoms in total. The minimum atomic E-state index is -3.71. The van der Waals surface area contributed by atoms with E-state index in [9.17, 15) is 8.42 Å². The van der Waals surface area contributed by atoms with Crippen molar-refractivity contribution in [2.45, 2.75) is 11.3 Å². The average molecular weight is 475 g/mol. The first-order valence-electron chi connectivity index (χ1n) is 9.64. The van der Waals surface area contributed by atoms with Crippen LogP contribution in [0, 0.1) is 0 Å². The first kappa shape index (κ1) is 22.1. The van der Waals surface area contributed by atoms with E-state index in [0.29, 0.717) is 23.7 Å². The second kappa shape index (κ2) is 9.15. The van der Waals surface area contributed by atoms with Crippen LogP contribution in [0.25, 0.3) is 16.3 Å². The maximum Gasteiger partial charge on any atom is 0.240 e. The van der Waals surface area contributed by atoms with E-state index < -0.39 is 10.0 Å². The third kappa shape index (κ3) is 4.40. The molecular weight excluding hydrogens is 452 g/mol. The first-order valence-corrected chi connectivity index (χ1v) is 12.0. The van der Waals surface area contributed by atoms with Crippen molar-refractivity contribution in [2.75, 3.05) is 27.9 Å². The monoisotopic (exact) mass is 474 g/mol. The van der Waals surface area contributed by atoms with Crippen molar-refractivity contribution in [3.63, 3.8) is 0 Å². The summed E-state index contributed by atoms with van der Waals surface area (Å²) in [4.78, 5) is 5.41. The Kier molecular flexibility index (Phi) is 6.31. The number of thiazole rings is 1. The average Bonchev–Trinajstić information content (AvgIpc) is 3.40. The molecular formula is C21H22N4O5S2. The molecule has 168 valence electrons. The molecule has 4 aromatic rings. The zero-order valence-corrected chi connectivity index (χ0v) is 19.4. The predicted octanol–water partition coefficient (Wildman–Crippen LogP) is 3.00. The summed E-state index contributed by atoms with van der Waals surface area (Å²) in [5.74, 6) is 2.18. The Morgan fingerprint density at radius 1 is 1.00 bits per heavy atom. The number of rotatable bonds is 9. The van der Waals surface area contributed by atoms with Gasteiger partial charge >= 0.3 is 0 Å². The molecule has 0 radical (unpaired) electrons. The van der Waals surface area contributed by atoms with E-state index in [-0.39, 0.29) is 11.4 Å². The summed E-state index contributed by atoms with van der Waals surface area (Å²) in [6, 6.07) is 12.0. The molecule has 2 heterocycles. The van der Waals surface area contributed by atoms with Crippen molar-refractivity contribution in [3.05, 3.63) is 53.5 Å². The van der Waals surface area contributed by atoms with Gasteiger partial charge in [0.25, 0.3) is 0 Å². The van der Waals surface area contributed by atoms with Gasteiger partial charge in [0.05, 0.1) is 31.9 Å². The highest BCUT2D eigenvalue weighted by Crippen LogP contribution is 2.29. The second-order valence-corrected chi connectivity index (χ2v) is 9.35. The molecule has 0 saturated carbocycles. The van der Waals surface area contributed by atoms with Crippen molar-refractivity contribution in [2.24, 2.45) is 0 Å². The molecule has 0 amide bonds. The van der Waals surface area contributed by atoms with Gasteiger partial charge in [0, 0.05) is 30.0 Å². The van der Waals surface area contributed by atoms with Gasteiger partial charge < -0.3 is 14.2 Å². The molecule has 4 rings (SSSR count). The minimum absolute atomic E-state index is 0.105. The zero-order valence-electron chi connectivity index (χ0n) is 17.7. The number of hydrogen-bond acceptors (Lipinski definition) is 8. The van der Waals surface area contributed by atoms with Crippen molar-refractivity contribution >= 4 is 26.3 Å². The smallest absolute Gasteiger partial charge is 0.240 e. The fourth-order valence-corrected chi connectivity index (χ4v) is 5.04. The molecule has 2 aromatic heterocycles. The highest BCUT2D eigenvalue weighted by molar-refractivity contribution is 7.89. The normalized spacial score (nSPS) is 11.6. The molecule has 0 aliphatic rings. The van der Waals surface area contributed by atoms with Gasteiger partial charge in [0.1, 0.15) is 5.75 Å². The molecule has 2 aromatic carbocycles. The number of ether oxygens (including phenoxy) is 3. The highest BCUT2D eigenvalue weighted by atomic mass is 32.2. The molecule has 0 aliphatic heterocycles. The van der Waals surface area contributed by atoms with Crippen LogP contribution in [0.2, 0.25) is 0 Å². The SMILES string of the molecule is COc1ccc(-c2nc3scc(CCNS(=O)(=O)c4ccc(OC)c(OC)c4)n3n2)cc1. The number of methoxy groups -OCH3 is 3. The van der Waals surface area contributed by atoms with Crippen LogP contribution >= 0.6 is 11.3 Å². The first-order chi connectivity index (χ1) is 15.4. The number of benzene rings is 2. The number of hydrogen-bond donors (Lipinski definition) is 1. The second-order valence-electron chi connectivity index (χ2n) is 6.75. The molecule has 0 unspecified atom stereocenters. The van der Waals surface area contributed by atoms with Gasteiger partial charge in [0.2, 0.25) is 15.0 Å². The van der Waals surface area contributed by atoms with Crippen LogP contribution in [0.15, 0.2) is 52.7 Å². The number of sulfonamides is 1. The summed E-state index contributed by atoms with van der Waals surface area (Å²) >= 11 is 1.46. The lowest BCUT2D eigenvalue weighted by molar-refractivity contribution is 0.354. The van der Waals surface area contributed by atoms with Gasteiger partial charge in [-0.2, -0.15) is 4.98 Å². The molecule has 11 heteroatoms. The zero-order chi connectivity index (χ0) is 22.7. The topological polar surface area (TPSA) is 104 Å². The lowest BCUT2D eigenvalue weighted by atomic mass is 10.2. The minimum Gasteiger partial charge on any atom is -0.497 e. The quantitative estimate of drug-likeness (QED) is 0.398. The van der Waals surface area contributed by atoms with Gasteiger partial charge in [-0.1, -0.05) is 0 Å². The summed E-state index contributed by atoms with van der Waals surface area (Å²) in [5.41, 5.74) is 1.74. The lowest BCUT2D eigenvalue weighted by Gasteiger charge is -2.11. The van der Waals surface area contributed by atoms with Gasteiger partial charge in [-0.3, -0.25) is 0 Å². The van der Waals surface area contributed by atoms with Crippen LogP contribution in [-0.4, -0.2) is 50.9 Å². The van der Waals surface area contributed by atoms with Gasteiger partial charge in [-0.25, -0.2) is 17.7 Å². The molecule has 0 aliphatic carbocycles. The summed E-state index contributed by atoms with van der Waals surface area (Å²) in [6.07, 6.45) is 0.456. The standard InChI is InChI=1S/C21H22N4O5S2/c1-28-16-6-4-14(5-7-16)20-23-21-25(24-20)15(13-31-21)10-11-22-32(26,27)17-8-9-18(29-2)19(12-17)30-3/h4-9,12-13,22H,10-11H2,1-3H3. The Labute approximate surface area is 189 Å². The van der Waals surface area contributed by atoms with Crippen LogP contribution < -0.4 is 18.9 Å². The number of nitrogens with zero attached hydrogens (tertiary/aromatic N) is 3. The molecule has 0 atom stereocenters. The molecule has 0 spiro atoms. The maximum atomic E-state index is 12.7. The fraction of sp³-hybridized carbons (Fsp3) is 0.238. The Balaban J connectivity index is 1.46. The van der Waals surface area contributed by atoms with Gasteiger partial charge in [-0.05, 0) is 36.4 Å². The van der Waals surface area contributed by atoms with Crippen molar-refractivity contribution < 1.29 is 22.6 Å². The summed E-state index contributed by atoms with van der Waals surface area (Å²) in [5, 5.41) is 6.51. The van der Waals surface area contributed by atoms with Crippen LogP contribution in [0.3, 0.4) is 0 Å². The van der Waals surface area contributed by atoms with Crippen molar-refractivity contribution in [1.29, 1.82) is 0 Å². The van der Waals surface area contributed by atoms with Gasteiger partial charge in [-0.15, -0.1) is 16.4 Å². The largest absolute Gasteiger partial charge is 0.497 e. The van der Waals surface area contributed by atoms with E-state index in [4.69, 9.17) is 14.2 Å². The van der Waals surface area contributed by atoms with Crippen LogP contribution in [0.1, 0.15) is 5.69 Å². The number of nitrogens with one attached hydrogen (secondary N) is 1. The molecule has 32 heavy (non-hydrogen) atoms. The summed E-state index contributed by atoms with van der Waals surface area (Å²) in [7, 11) is 0.865. The Morgan fingerprint density at radius 3 is 2.44 bits per heavy atom. The Hall–Kier alpha value is -3.15. The van der Waals surface area contributed by atoms with Crippen LogP contribution in [-0.2, 0) is 16.4 Å². The van der Waals surface area contributed by atoms with E-state index in [1.807, 2.05) is 29.6 Å². The van der Waals surface area contributed by atoms with Crippen molar-refractivity contribution in [1.82, 2.24) is 19.3 Å². The van der Waals surface area contributed by atoms with E-state index >= 15 is 0 Å². The summed E-state index contributed by atoms with van der Waals surface area (Å²) in [6.45, 7) is 0.209. The third-order valence-electron chi connectivity index (χ3n) is 4.84. The van der Waals surface area contributed by atoms with E-state index in [0.717, 1.165) is 22.0 Å². The molecule has 0 bridgehead atoms. The lowest BCUT2D eigenvalue weighted by Crippen LogP contribution is -2.26. The number of fused-ring (bicyclic) bond motifs is 1. The predicted molar refractivity (Wildman–Crippen MR) is 121 cm³/mol. The molecule has 0 fully saturated rings. The summed E-state index contributed by atoms with van der Waals surface area (Å²) < 4.78 is 45.3. The van der Waals surface area contributed by atoms with Crippen molar-refractivity contribution in [3.8, 4) is 28.6 Å². The Bertz CT molecular complexity index is 1330. The molecule has 0 saturated heterocycles. The highest BCUT2D eigenvalue weighted by Gasteiger charge is 2.18. The Morgan fingerprint density at radius 2 is 1.75 bits per heavy atom.